The third kappa shape index (κ3) is 3.77. The average molecular weight is 294 g/mol. The third-order valence-corrected chi connectivity index (χ3v) is 5.30. The molecule has 1 saturated carbocycles. The van der Waals surface area contributed by atoms with E-state index in [2.05, 4.69) is 39.0 Å². The minimum atomic E-state index is 0.497. The Kier molecular flexibility index (Phi) is 5.14. The smallest absolute Gasteiger partial charge is 0.0443 e. The van der Waals surface area contributed by atoms with Crippen molar-refractivity contribution < 1.29 is 0 Å². The highest BCUT2D eigenvalue weighted by atomic mass is 35.5. The van der Waals surface area contributed by atoms with Crippen LogP contribution in [-0.4, -0.2) is 6.54 Å². The highest BCUT2D eigenvalue weighted by Crippen LogP contribution is 2.44. The van der Waals surface area contributed by atoms with E-state index < -0.39 is 0 Å². The van der Waals surface area contributed by atoms with E-state index in [0.717, 1.165) is 18.0 Å². The summed E-state index contributed by atoms with van der Waals surface area (Å²) in [4.78, 5) is 0. The molecule has 1 fully saturated rings. The minimum absolute atomic E-state index is 0.497. The Morgan fingerprint density at radius 1 is 1.30 bits per heavy atom. The van der Waals surface area contributed by atoms with Gasteiger partial charge in [0.15, 0.2) is 0 Å². The fourth-order valence-corrected chi connectivity index (χ4v) is 3.65. The summed E-state index contributed by atoms with van der Waals surface area (Å²) in [6.07, 6.45) is 6.17. The number of benzene rings is 1. The van der Waals surface area contributed by atoms with E-state index in [9.17, 15) is 0 Å². The standard InChI is InChI=1S/C18H28ClN/c1-13(8-11-20)15-4-5-16(17(19)12-15)14-6-9-18(2,3)10-7-14/h4-5,12-14H,6-11,20H2,1-3H3. The lowest BCUT2D eigenvalue weighted by Gasteiger charge is -2.35. The summed E-state index contributed by atoms with van der Waals surface area (Å²) in [5.41, 5.74) is 8.83. The molecular formula is C18H28ClN. The maximum absolute atomic E-state index is 6.55. The number of nitrogens with two attached hydrogens (primary N) is 1. The Morgan fingerprint density at radius 2 is 1.95 bits per heavy atom. The van der Waals surface area contributed by atoms with Crippen molar-refractivity contribution in [2.45, 2.75) is 64.7 Å². The van der Waals surface area contributed by atoms with Crippen LogP contribution in [0.15, 0.2) is 18.2 Å². The van der Waals surface area contributed by atoms with Crippen molar-refractivity contribution in [1.29, 1.82) is 0 Å². The summed E-state index contributed by atoms with van der Waals surface area (Å²) in [5.74, 6) is 1.14. The van der Waals surface area contributed by atoms with Gasteiger partial charge in [0.1, 0.15) is 0 Å². The first-order chi connectivity index (χ1) is 9.43. The molecule has 0 amide bonds. The fourth-order valence-electron chi connectivity index (χ4n) is 3.31. The van der Waals surface area contributed by atoms with Crippen LogP contribution in [0.4, 0.5) is 0 Å². The normalized spacial score (nSPS) is 20.9. The van der Waals surface area contributed by atoms with Crippen LogP contribution in [-0.2, 0) is 0 Å². The van der Waals surface area contributed by atoms with Crippen LogP contribution in [0.3, 0.4) is 0 Å². The number of rotatable bonds is 4. The Morgan fingerprint density at radius 3 is 2.50 bits per heavy atom. The second-order valence-corrected chi connectivity index (χ2v) is 7.61. The summed E-state index contributed by atoms with van der Waals surface area (Å²) in [7, 11) is 0. The largest absolute Gasteiger partial charge is 0.330 e. The molecule has 1 aromatic rings. The molecule has 0 bridgehead atoms. The molecule has 1 aromatic carbocycles. The van der Waals surface area contributed by atoms with Gasteiger partial charge in [-0.1, -0.05) is 44.5 Å². The Balaban J connectivity index is 2.10. The van der Waals surface area contributed by atoms with Crippen molar-refractivity contribution in [3.8, 4) is 0 Å². The SMILES string of the molecule is CC(CCN)c1ccc(C2CCC(C)(C)CC2)c(Cl)c1. The summed E-state index contributed by atoms with van der Waals surface area (Å²) in [6, 6.07) is 6.67. The summed E-state index contributed by atoms with van der Waals surface area (Å²) in [6.45, 7) is 7.71. The van der Waals surface area contributed by atoms with Gasteiger partial charge in [0.05, 0.1) is 0 Å². The zero-order valence-electron chi connectivity index (χ0n) is 13.1. The molecular weight excluding hydrogens is 266 g/mol. The molecule has 0 spiro atoms. The third-order valence-electron chi connectivity index (χ3n) is 4.97. The molecule has 0 aliphatic heterocycles. The van der Waals surface area contributed by atoms with Crippen LogP contribution in [0.25, 0.3) is 0 Å². The first-order valence-electron chi connectivity index (χ1n) is 7.92. The van der Waals surface area contributed by atoms with E-state index in [-0.39, 0.29) is 0 Å². The molecule has 2 N–H and O–H groups in total. The lowest BCUT2D eigenvalue weighted by Crippen LogP contribution is -2.20. The van der Waals surface area contributed by atoms with E-state index in [0.29, 0.717) is 17.3 Å². The number of hydrogen-bond acceptors (Lipinski definition) is 1. The van der Waals surface area contributed by atoms with Crippen molar-refractivity contribution in [3.63, 3.8) is 0 Å². The van der Waals surface area contributed by atoms with Crippen LogP contribution in [0.1, 0.15) is 75.8 Å². The van der Waals surface area contributed by atoms with Crippen LogP contribution < -0.4 is 5.73 Å². The van der Waals surface area contributed by atoms with Gasteiger partial charge in [-0.3, -0.25) is 0 Å². The maximum atomic E-state index is 6.55. The highest BCUT2D eigenvalue weighted by Gasteiger charge is 2.28. The topological polar surface area (TPSA) is 26.0 Å². The first-order valence-corrected chi connectivity index (χ1v) is 8.30. The van der Waals surface area contributed by atoms with Gasteiger partial charge in [0, 0.05) is 5.02 Å². The molecule has 2 rings (SSSR count). The van der Waals surface area contributed by atoms with E-state index in [1.54, 1.807) is 0 Å². The average Bonchev–Trinajstić information content (AvgIpc) is 2.39. The van der Waals surface area contributed by atoms with Crippen molar-refractivity contribution in [3.05, 3.63) is 34.3 Å². The first kappa shape index (κ1) is 15.9. The highest BCUT2D eigenvalue weighted by molar-refractivity contribution is 6.31. The quantitative estimate of drug-likeness (QED) is 0.782. The molecule has 20 heavy (non-hydrogen) atoms. The molecule has 2 heteroatoms. The Labute approximate surface area is 128 Å². The van der Waals surface area contributed by atoms with Crippen LogP contribution in [0.2, 0.25) is 5.02 Å². The lowest BCUT2D eigenvalue weighted by molar-refractivity contribution is 0.224. The second-order valence-electron chi connectivity index (χ2n) is 7.20. The minimum Gasteiger partial charge on any atom is -0.330 e. The van der Waals surface area contributed by atoms with Gasteiger partial charge in [0.25, 0.3) is 0 Å². The summed E-state index contributed by atoms with van der Waals surface area (Å²) >= 11 is 6.55. The molecule has 0 saturated heterocycles. The Bertz CT molecular complexity index is 443. The van der Waals surface area contributed by atoms with Crippen LogP contribution in [0.5, 0.6) is 0 Å². The summed E-state index contributed by atoms with van der Waals surface area (Å²) < 4.78 is 0. The zero-order chi connectivity index (χ0) is 14.8. The maximum Gasteiger partial charge on any atom is 0.0443 e. The predicted octanol–water partition coefficient (Wildman–Crippen LogP) is 5.48. The molecule has 112 valence electrons. The van der Waals surface area contributed by atoms with Gasteiger partial charge in [-0.2, -0.15) is 0 Å². The molecule has 0 heterocycles. The van der Waals surface area contributed by atoms with Gasteiger partial charge in [-0.25, -0.2) is 0 Å². The molecule has 0 radical (unpaired) electrons. The van der Waals surface area contributed by atoms with Crippen molar-refractivity contribution in [2.75, 3.05) is 6.54 Å². The monoisotopic (exact) mass is 293 g/mol. The van der Waals surface area contributed by atoms with E-state index in [4.69, 9.17) is 17.3 Å². The van der Waals surface area contributed by atoms with Gasteiger partial charge in [-0.15, -0.1) is 0 Å². The van der Waals surface area contributed by atoms with Crippen LogP contribution in [0, 0.1) is 5.41 Å². The Hall–Kier alpha value is -0.530. The molecule has 1 nitrogen and oxygen atoms in total. The molecule has 1 aliphatic rings. The second kappa shape index (κ2) is 6.49. The van der Waals surface area contributed by atoms with Gasteiger partial charge in [0.2, 0.25) is 0 Å². The van der Waals surface area contributed by atoms with Gasteiger partial charge >= 0.3 is 0 Å². The van der Waals surface area contributed by atoms with Crippen molar-refractivity contribution in [2.24, 2.45) is 11.1 Å². The van der Waals surface area contributed by atoms with Crippen LogP contribution >= 0.6 is 11.6 Å². The predicted molar refractivity (Wildman–Crippen MR) is 88.5 cm³/mol. The molecule has 1 aliphatic carbocycles. The zero-order valence-corrected chi connectivity index (χ0v) is 13.8. The lowest BCUT2D eigenvalue weighted by atomic mass is 9.71. The molecule has 1 unspecified atom stereocenters. The van der Waals surface area contributed by atoms with E-state index >= 15 is 0 Å². The van der Waals surface area contributed by atoms with Gasteiger partial charge in [-0.05, 0) is 73.1 Å². The fraction of sp³-hybridized carbons (Fsp3) is 0.667. The molecule has 1 atom stereocenters. The van der Waals surface area contributed by atoms with Crippen molar-refractivity contribution in [1.82, 2.24) is 0 Å². The summed E-state index contributed by atoms with van der Waals surface area (Å²) in [5, 5.41) is 0.955. The number of halogens is 1. The number of hydrogen-bond donors (Lipinski definition) is 1. The molecule has 0 aromatic heterocycles. The van der Waals surface area contributed by atoms with Gasteiger partial charge < -0.3 is 5.73 Å². The van der Waals surface area contributed by atoms with E-state index in [1.165, 1.54) is 36.8 Å². The van der Waals surface area contributed by atoms with E-state index in [1.807, 2.05) is 0 Å². The van der Waals surface area contributed by atoms with Crippen molar-refractivity contribution >= 4 is 11.6 Å².